The highest BCUT2D eigenvalue weighted by atomic mass is 35.5. The summed E-state index contributed by atoms with van der Waals surface area (Å²) < 4.78 is 5.45. The summed E-state index contributed by atoms with van der Waals surface area (Å²) in [7, 11) is 1.81. The third-order valence-corrected chi connectivity index (χ3v) is 3.79. The van der Waals surface area contributed by atoms with Crippen molar-refractivity contribution in [1.29, 1.82) is 0 Å². The van der Waals surface area contributed by atoms with E-state index in [1.165, 1.54) is 19.3 Å². The van der Waals surface area contributed by atoms with Crippen LogP contribution < -0.4 is 0 Å². The van der Waals surface area contributed by atoms with E-state index in [9.17, 15) is 0 Å². The molecule has 12 heavy (non-hydrogen) atoms. The molecular weight excluding hydrogens is 172 g/mol. The smallest absolute Gasteiger partial charge is 0.0605 e. The average molecular weight is 191 g/mol. The highest BCUT2D eigenvalue weighted by Gasteiger charge is 2.38. The number of hydrogen-bond acceptors (Lipinski definition) is 1. The Morgan fingerprint density at radius 2 is 2.08 bits per heavy atom. The first kappa shape index (κ1) is 10.3. The zero-order valence-corrected chi connectivity index (χ0v) is 9.03. The van der Waals surface area contributed by atoms with Crippen molar-refractivity contribution >= 4 is 11.6 Å². The molecule has 2 heteroatoms. The van der Waals surface area contributed by atoms with Crippen LogP contribution in [0.3, 0.4) is 0 Å². The highest BCUT2D eigenvalue weighted by molar-refractivity contribution is 6.18. The molecule has 0 amide bonds. The van der Waals surface area contributed by atoms with Crippen LogP contribution in [0.25, 0.3) is 0 Å². The van der Waals surface area contributed by atoms with Gasteiger partial charge in [-0.15, -0.1) is 11.6 Å². The number of halogens is 1. The van der Waals surface area contributed by atoms with Gasteiger partial charge in [-0.05, 0) is 24.2 Å². The molecule has 0 aromatic carbocycles. The minimum absolute atomic E-state index is 0.235. The summed E-state index contributed by atoms with van der Waals surface area (Å²) in [4.78, 5) is 0. The van der Waals surface area contributed by atoms with Crippen LogP contribution in [0, 0.1) is 11.3 Å². The average Bonchev–Trinajstić information content (AvgIpc) is 2.52. The first-order chi connectivity index (χ1) is 5.61. The maximum atomic E-state index is 5.94. The Hall–Kier alpha value is 0.250. The largest absolute Gasteiger partial charge is 0.381 e. The van der Waals surface area contributed by atoms with E-state index in [0.717, 1.165) is 5.88 Å². The summed E-state index contributed by atoms with van der Waals surface area (Å²) in [5, 5.41) is 0. The topological polar surface area (TPSA) is 9.23 Å². The second-order valence-electron chi connectivity index (χ2n) is 4.43. The molecule has 0 spiro atoms. The third kappa shape index (κ3) is 1.94. The van der Waals surface area contributed by atoms with Gasteiger partial charge in [0.25, 0.3) is 0 Å². The van der Waals surface area contributed by atoms with Crippen molar-refractivity contribution in [3.05, 3.63) is 0 Å². The minimum atomic E-state index is 0.235. The molecule has 1 aliphatic rings. The van der Waals surface area contributed by atoms with Gasteiger partial charge >= 0.3 is 0 Å². The molecular formula is C10H19ClO. The standard InChI is InChI=1S/C10H19ClO/c1-10(2,7-11)8-5-4-6-9(8)12-3/h8-9H,4-7H2,1-3H3. The molecule has 0 radical (unpaired) electrons. The van der Waals surface area contributed by atoms with Gasteiger partial charge in [0.1, 0.15) is 0 Å². The monoisotopic (exact) mass is 190 g/mol. The molecule has 0 aromatic heterocycles. The van der Waals surface area contributed by atoms with Crippen LogP contribution in [0.1, 0.15) is 33.1 Å². The molecule has 0 heterocycles. The fourth-order valence-corrected chi connectivity index (χ4v) is 2.40. The molecule has 0 N–H and O–H groups in total. The normalized spacial score (nSPS) is 31.0. The second kappa shape index (κ2) is 3.97. The van der Waals surface area contributed by atoms with Crippen LogP contribution in [-0.2, 0) is 4.74 Å². The van der Waals surface area contributed by atoms with Gasteiger partial charge in [-0.25, -0.2) is 0 Å². The van der Waals surface area contributed by atoms with Gasteiger partial charge in [-0.1, -0.05) is 20.3 Å². The predicted octanol–water partition coefficient (Wildman–Crippen LogP) is 3.07. The van der Waals surface area contributed by atoms with Crippen LogP contribution >= 0.6 is 11.6 Å². The van der Waals surface area contributed by atoms with E-state index in [2.05, 4.69) is 13.8 Å². The van der Waals surface area contributed by atoms with E-state index in [1.54, 1.807) is 0 Å². The quantitative estimate of drug-likeness (QED) is 0.622. The zero-order valence-electron chi connectivity index (χ0n) is 8.27. The molecule has 2 atom stereocenters. The van der Waals surface area contributed by atoms with Crippen LogP contribution in [0.2, 0.25) is 0 Å². The summed E-state index contributed by atoms with van der Waals surface area (Å²) in [5.41, 5.74) is 0.235. The van der Waals surface area contributed by atoms with Gasteiger partial charge in [0.15, 0.2) is 0 Å². The Balaban J connectivity index is 2.60. The second-order valence-corrected chi connectivity index (χ2v) is 4.70. The van der Waals surface area contributed by atoms with E-state index in [0.29, 0.717) is 12.0 Å². The molecule has 72 valence electrons. The Morgan fingerprint density at radius 3 is 2.58 bits per heavy atom. The molecule has 1 aliphatic carbocycles. The molecule has 1 saturated carbocycles. The lowest BCUT2D eigenvalue weighted by Crippen LogP contribution is -2.32. The molecule has 0 bridgehead atoms. The van der Waals surface area contributed by atoms with E-state index in [4.69, 9.17) is 16.3 Å². The summed E-state index contributed by atoms with van der Waals surface area (Å²) in [6.45, 7) is 4.48. The molecule has 0 aromatic rings. The highest BCUT2D eigenvalue weighted by Crippen LogP contribution is 2.41. The fourth-order valence-electron chi connectivity index (χ4n) is 2.20. The summed E-state index contributed by atoms with van der Waals surface area (Å²) in [6.07, 6.45) is 4.22. The molecule has 0 saturated heterocycles. The lowest BCUT2D eigenvalue weighted by molar-refractivity contribution is 0.0279. The first-order valence-electron chi connectivity index (χ1n) is 4.70. The van der Waals surface area contributed by atoms with E-state index in [-0.39, 0.29) is 5.41 Å². The SMILES string of the molecule is COC1CCCC1C(C)(C)CCl. The minimum Gasteiger partial charge on any atom is -0.381 e. The fraction of sp³-hybridized carbons (Fsp3) is 1.00. The molecule has 0 aliphatic heterocycles. The van der Waals surface area contributed by atoms with E-state index in [1.807, 2.05) is 7.11 Å². The Labute approximate surface area is 80.4 Å². The van der Waals surface area contributed by atoms with E-state index >= 15 is 0 Å². The van der Waals surface area contributed by atoms with Crippen LogP contribution in [0.5, 0.6) is 0 Å². The van der Waals surface area contributed by atoms with Crippen molar-refractivity contribution < 1.29 is 4.74 Å². The van der Waals surface area contributed by atoms with Gasteiger partial charge in [0.05, 0.1) is 6.10 Å². The Bertz CT molecular complexity index is 145. The van der Waals surface area contributed by atoms with Gasteiger partial charge in [0, 0.05) is 13.0 Å². The first-order valence-corrected chi connectivity index (χ1v) is 5.24. The molecule has 1 nitrogen and oxygen atoms in total. The summed E-state index contributed by atoms with van der Waals surface area (Å²) in [5.74, 6) is 1.39. The zero-order chi connectivity index (χ0) is 9.19. The van der Waals surface area contributed by atoms with Crippen LogP contribution in [-0.4, -0.2) is 19.1 Å². The Kier molecular flexibility index (Phi) is 3.42. The van der Waals surface area contributed by atoms with E-state index < -0.39 is 0 Å². The van der Waals surface area contributed by atoms with Gasteiger partial charge in [-0.2, -0.15) is 0 Å². The van der Waals surface area contributed by atoms with Crippen LogP contribution in [0.15, 0.2) is 0 Å². The molecule has 1 fully saturated rings. The van der Waals surface area contributed by atoms with Crippen molar-refractivity contribution in [3.8, 4) is 0 Å². The number of ether oxygens (including phenoxy) is 1. The van der Waals surface area contributed by atoms with Crippen molar-refractivity contribution in [2.75, 3.05) is 13.0 Å². The molecule has 2 unspecified atom stereocenters. The third-order valence-electron chi connectivity index (χ3n) is 3.10. The van der Waals surface area contributed by atoms with Crippen molar-refractivity contribution in [1.82, 2.24) is 0 Å². The van der Waals surface area contributed by atoms with Gasteiger partial charge in [-0.3, -0.25) is 0 Å². The lowest BCUT2D eigenvalue weighted by atomic mass is 9.78. The summed E-state index contributed by atoms with van der Waals surface area (Å²) >= 11 is 5.94. The Morgan fingerprint density at radius 1 is 1.42 bits per heavy atom. The van der Waals surface area contributed by atoms with Gasteiger partial charge < -0.3 is 4.74 Å². The van der Waals surface area contributed by atoms with Crippen molar-refractivity contribution in [2.24, 2.45) is 11.3 Å². The van der Waals surface area contributed by atoms with Crippen molar-refractivity contribution in [3.63, 3.8) is 0 Å². The number of rotatable bonds is 3. The number of hydrogen-bond donors (Lipinski definition) is 0. The van der Waals surface area contributed by atoms with Crippen molar-refractivity contribution in [2.45, 2.75) is 39.2 Å². The predicted molar refractivity (Wildman–Crippen MR) is 52.6 cm³/mol. The van der Waals surface area contributed by atoms with Gasteiger partial charge in [0.2, 0.25) is 0 Å². The molecule has 1 rings (SSSR count). The number of methoxy groups -OCH3 is 1. The summed E-state index contributed by atoms with van der Waals surface area (Å²) in [6, 6.07) is 0. The lowest BCUT2D eigenvalue weighted by Gasteiger charge is -2.33. The maximum Gasteiger partial charge on any atom is 0.0605 e. The van der Waals surface area contributed by atoms with Crippen LogP contribution in [0.4, 0.5) is 0 Å². The number of alkyl halides is 1. The maximum absolute atomic E-state index is 5.94.